The van der Waals surface area contributed by atoms with Crippen molar-refractivity contribution >= 4 is 45.1 Å². The summed E-state index contributed by atoms with van der Waals surface area (Å²) < 4.78 is 0. The highest BCUT2D eigenvalue weighted by molar-refractivity contribution is 7.14. The monoisotopic (exact) mass is 430 g/mol. The molecule has 0 spiro atoms. The molecule has 31 heavy (non-hydrogen) atoms. The number of imide groups is 1. The number of hydrogen-bond acceptors (Lipinski definition) is 5. The predicted octanol–water partition coefficient (Wildman–Crippen LogP) is 4.19. The quantitative estimate of drug-likeness (QED) is 0.464. The number of amides is 3. The number of fused-ring (bicyclic) bond motifs is 1. The summed E-state index contributed by atoms with van der Waals surface area (Å²) >= 11 is 1.37. The van der Waals surface area contributed by atoms with E-state index in [4.69, 9.17) is 0 Å². The number of rotatable bonds is 5. The lowest BCUT2D eigenvalue weighted by molar-refractivity contribution is -0.139. The number of aromatic amines is 1. The van der Waals surface area contributed by atoms with Crippen molar-refractivity contribution in [1.29, 1.82) is 0 Å². The summed E-state index contributed by atoms with van der Waals surface area (Å²) in [4.78, 5) is 45.2. The van der Waals surface area contributed by atoms with E-state index in [1.807, 2.05) is 35.8 Å². The number of likely N-dealkylation sites (tertiary alicyclic amines) is 1. The number of anilines is 1. The lowest BCUT2D eigenvalue weighted by Gasteiger charge is -2.13. The average molecular weight is 430 g/mol. The van der Waals surface area contributed by atoms with Crippen molar-refractivity contribution in [3.05, 3.63) is 71.2 Å². The number of benzene rings is 2. The van der Waals surface area contributed by atoms with E-state index in [9.17, 15) is 14.4 Å². The number of H-pyrrole nitrogens is 1. The van der Waals surface area contributed by atoms with Crippen molar-refractivity contribution in [3.63, 3.8) is 0 Å². The number of carbonyl (C=O) groups is 3. The molecule has 8 heteroatoms. The maximum atomic E-state index is 12.6. The fourth-order valence-corrected chi connectivity index (χ4v) is 4.36. The maximum Gasteiger partial charge on any atom is 0.257 e. The normalized spacial score (nSPS) is 13.9. The summed E-state index contributed by atoms with van der Waals surface area (Å²) in [6.45, 7) is 0.236. The molecule has 4 aromatic rings. The number of aromatic nitrogens is 2. The van der Waals surface area contributed by atoms with Crippen LogP contribution in [0.5, 0.6) is 0 Å². The van der Waals surface area contributed by atoms with Gasteiger partial charge in [-0.1, -0.05) is 30.3 Å². The SMILES string of the molecule is O=C(Nc1nc(-c2c[nH]c3ccccc23)cs1)c1ccc(CN2C(=O)CCC2=O)cc1. The molecule has 3 amide bonds. The second-order valence-corrected chi connectivity index (χ2v) is 8.17. The number of nitrogens with zero attached hydrogens (tertiary/aromatic N) is 2. The van der Waals surface area contributed by atoms with E-state index in [1.165, 1.54) is 16.2 Å². The molecule has 1 aliphatic heterocycles. The molecule has 3 heterocycles. The van der Waals surface area contributed by atoms with Gasteiger partial charge < -0.3 is 4.98 Å². The highest BCUT2D eigenvalue weighted by atomic mass is 32.1. The molecule has 7 nitrogen and oxygen atoms in total. The molecule has 0 atom stereocenters. The molecule has 5 rings (SSSR count). The zero-order valence-electron chi connectivity index (χ0n) is 16.4. The molecule has 0 aliphatic carbocycles. The van der Waals surface area contributed by atoms with Crippen LogP contribution in [0.4, 0.5) is 5.13 Å². The molecule has 0 unspecified atom stereocenters. The molecular formula is C23H18N4O3S. The van der Waals surface area contributed by atoms with Crippen LogP contribution in [0, 0.1) is 0 Å². The third-order valence-corrected chi connectivity index (χ3v) is 6.06. The van der Waals surface area contributed by atoms with Gasteiger partial charge in [0.2, 0.25) is 11.8 Å². The van der Waals surface area contributed by atoms with Gasteiger partial charge in [0.25, 0.3) is 5.91 Å². The molecule has 0 radical (unpaired) electrons. The van der Waals surface area contributed by atoms with Gasteiger partial charge in [-0.05, 0) is 23.8 Å². The van der Waals surface area contributed by atoms with Crippen LogP contribution in [0.2, 0.25) is 0 Å². The van der Waals surface area contributed by atoms with Crippen LogP contribution in [-0.4, -0.2) is 32.6 Å². The zero-order chi connectivity index (χ0) is 21.4. The highest BCUT2D eigenvalue weighted by Gasteiger charge is 2.28. The van der Waals surface area contributed by atoms with Crippen molar-refractivity contribution in [3.8, 4) is 11.3 Å². The van der Waals surface area contributed by atoms with Crippen LogP contribution < -0.4 is 5.32 Å². The Hall–Kier alpha value is -3.78. The van der Waals surface area contributed by atoms with Gasteiger partial charge in [0.15, 0.2) is 5.13 Å². The smallest absolute Gasteiger partial charge is 0.257 e. The van der Waals surface area contributed by atoms with Gasteiger partial charge in [0.05, 0.1) is 12.2 Å². The van der Waals surface area contributed by atoms with Gasteiger partial charge in [-0.3, -0.25) is 24.6 Å². The second kappa shape index (κ2) is 7.81. The zero-order valence-corrected chi connectivity index (χ0v) is 17.2. The Morgan fingerprint density at radius 3 is 2.58 bits per heavy atom. The average Bonchev–Trinajstić information content (AvgIpc) is 3.49. The van der Waals surface area contributed by atoms with E-state index >= 15 is 0 Å². The van der Waals surface area contributed by atoms with E-state index < -0.39 is 0 Å². The van der Waals surface area contributed by atoms with Crippen LogP contribution >= 0.6 is 11.3 Å². The van der Waals surface area contributed by atoms with Gasteiger partial charge in [-0.2, -0.15) is 0 Å². The van der Waals surface area contributed by atoms with Gasteiger partial charge in [-0.15, -0.1) is 11.3 Å². The third kappa shape index (κ3) is 3.73. The van der Waals surface area contributed by atoms with Crippen molar-refractivity contribution in [2.24, 2.45) is 0 Å². The minimum Gasteiger partial charge on any atom is -0.360 e. The summed E-state index contributed by atoms with van der Waals surface area (Å²) in [6, 6.07) is 14.9. The first-order valence-electron chi connectivity index (χ1n) is 9.84. The van der Waals surface area contributed by atoms with Crippen LogP contribution in [0.3, 0.4) is 0 Å². The molecule has 2 N–H and O–H groups in total. The molecule has 1 saturated heterocycles. The fraction of sp³-hybridized carbons (Fsp3) is 0.130. The van der Waals surface area contributed by atoms with E-state index in [1.54, 1.807) is 24.3 Å². The molecular weight excluding hydrogens is 412 g/mol. The van der Waals surface area contributed by atoms with E-state index in [0.29, 0.717) is 10.7 Å². The topological polar surface area (TPSA) is 95.2 Å². The molecule has 1 aliphatic rings. The minimum atomic E-state index is -0.264. The molecule has 0 bridgehead atoms. The van der Waals surface area contributed by atoms with Crippen LogP contribution in [0.1, 0.15) is 28.8 Å². The molecule has 154 valence electrons. The summed E-state index contributed by atoms with van der Waals surface area (Å²) in [5.74, 6) is -0.567. The Morgan fingerprint density at radius 2 is 1.81 bits per heavy atom. The maximum absolute atomic E-state index is 12.6. The fourth-order valence-electron chi connectivity index (χ4n) is 3.65. The summed E-state index contributed by atoms with van der Waals surface area (Å²) in [5.41, 5.74) is 4.10. The van der Waals surface area contributed by atoms with Gasteiger partial charge in [-0.25, -0.2) is 4.98 Å². The largest absolute Gasteiger partial charge is 0.360 e. The Labute approximate surface area is 181 Å². The molecule has 0 saturated carbocycles. The molecule has 2 aromatic heterocycles. The van der Waals surface area contributed by atoms with Crippen molar-refractivity contribution in [2.45, 2.75) is 19.4 Å². The van der Waals surface area contributed by atoms with Crippen LogP contribution in [-0.2, 0) is 16.1 Å². The number of hydrogen-bond donors (Lipinski definition) is 2. The number of para-hydroxylation sites is 1. The second-order valence-electron chi connectivity index (χ2n) is 7.31. The minimum absolute atomic E-state index is 0.151. The van der Waals surface area contributed by atoms with Crippen molar-refractivity contribution in [1.82, 2.24) is 14.9 Å². The Balaban J connectivity index is 1.27. The van der Waals surface area contributed by atoms with E-state index in [2.05, 4.69) is 15.3 Å². The Kier molecular flexibility index (Phi) is 4.83. The molecule has 2 aromatic carbocycles. The van der Waals surface area contributed by atoms with E-state index in [-0.39, 0.29) is 37.1 Å². The van der Waals surface area contributed by atoms with Crippen molar-refractivity contribution < 1.29 is 14.4 Å². The molecule has 1 fully saturated rings. The van der Waals surface area contributed by atoms with Gasteiger partial charge in [0.1, 0.15) is 0 Å². The Morgan fingerprint density at radius 1 is 1.06 bits per heavy atom. The summed E-state index contributed by atoms with van der Waals surface area (Å²) in [6.07, 6.45) is 2.46. The third-order valence-electron chi connectivity index (χ3n) is 5.30. The van der Waals surface area contributed by atoms with E-state index in [0.717, 1.165) is 27.7 Å². The Bertz CT molecular complexity index is 1290. The summed E-state index contributed by atoms with van der Waals surface area (Å²) in [5, 5.41) is 6.35. The predicted molar refractivity (Wildman–Crippen MR) is 119 cm³/mol. The van der Waals surface area contributed by atoms with Crippen LogP contribution in [0.15, 0.2) is 60.1 Å². The first-order chi connectivity index (χ1) is 15.1. The van der Waals surface area contributed by atoms with Crippen LogP contribution in [0.25, 0.3) is 22.2 Å². The summed E-state index contributed by atoms with van der Waals surface area (Å²) in [7, 11) is 0. The van der Waals surface area contributed by atoms with Crippen molar-refractivity contribution in [2.75, 3.05) is 5.32 Å². The lowest BCUT2D eigenvalue weighted by atomic mass is 10.1. The lowest BCUT2D eigenvalue weighted by Crippen LogP contribution is -2.28. The van der Waals surface area contributed by atoms with Gasteiger partial charge >= 0.3 is 0 Å². The van der Waals surface area contributed by atoms with Gasteiger partial charge in [0, 0.05) is 46.4 Å². The first kappa shape index (κ1) is 19.2. The number of thiazole rings is 1. The standard InChI is InChI=1S/C23H18N4O3S/c28-20-9-10-21(29)27(20)12-14-5-7-15(8-6-14)22(30)26-23-25-19(13-31-23)17-11-24-18-4-2-1-3-16(17)18/h1-8,11,13,24H,9-10,12H2,(H,25,26,30). The number of nitrogens with one attached hydrogen (secondary N) is 2. The number of carbonyl (C=O) groups excluding carboxylic acids is 3. The first-order valence-corrected chi connectivity index (χ1v) is 10.7. The highest BCUT2D eigenvalue weighted by Crippen LogP contribution is 2.31.